The van der Waals surface area contributed by atoms with E-state index in [1.54, 1.807) is 0 Å². The van der Waals surface area contributed by atoms with Crippen molar-refractivity contribution in [2.24, 2.45) is 5.73 Å². The quantitative estimate of drug-likeness (QED) is 0.625. The Balaban J connectivity index is 2.33. The summed E-state index contributed by atoms with van der Waals surface area (Å²) in [5, 5.41) is 17.7. The molecule has 24 heavy (non-hydrogen) atoms. The van der Waals surface area contributed by atoms with E-state index in [1.807, 2.05) is 0 Å². The highest BCUT2D eigenvalue weighted by atomic mass is 16.4. The molecule has 0 amide bonds. The van der Waals surface area contributed by atoms with E-state index in [9.17, 15) is 19.2 Å². The zero-order valence-electron chi connectivity index (χ0n) is 12.5. The van der Waals surface area contributed by atoms with Crippen LogP contribution in [0.2, 0.25) is 0 Å². The molecular formula is C15H15N3O6. The number of nitrogens with zero attached hydrogens (tertiary/aromatic N) is 2. The van der Waals surface area contributed by atoms with Crippen molar-refractivity contribution in [1.82, 2.24) is 9.13 Å². The Bertz CT molecular complexity index is 881. The van der Waals surface area contributed by atoms with Crippen molar-refractivity contribution >= 4 is 11.9 Å². The molecule has 1 heterocycles. The standard InChI is InChI=1S/C15H15N3O6/c16-11(14(22)23)8-17-6-5-12(19)18(15(17)24)7-9-1-3-10(4-2-9)13(20)21/h1-6,11H,7-8,16H2,(H,20,21)(H,22,23)/t11-/m1/s1. The van der Waals surface area contributed by atoms with E-state index >= 15 is 0 Å². The number of hydrogen-bond donors (Lipinski definition) is 3. The minimum Gasteiger partial charge on any atom is -0.480 e. The van der Waals surface area contributed by atoms with Crippen LogP contribution in [0.15, 0.2) is 46.1 Å². The summed E-state index contributed by atoms with van der Waals surface area (Å²) in [4.78, 5) is 45.8. The zero-order chi connectivity index (χ0) is 17.9. The number of carbonyl (C=O) groups is 2. The second-order valence-electron chi connectivity index (χ2n) is 5.12. The summed E-state index contributed by atoms with van der Waals surface area (Å²) in [6.07, 6.45) is 1.19. The van der Waals surface area contributed by atoms with Crippen molar-refractivity contribution in [1.29, 1.82) is 0 Å². The van der Waals surface area contributed by atoms with Gasteiger partial charge in [-0.3, -0.25) is 18.7 Å². The predicted molar refractivity (Wildman–Crippen MR) is 83.1 cm³/mol. The Kier molecular flexibility index (Phi) is 4.95. The van der Waals surface area contributed by atoms with Gasteiger partial charge in [-0.25, -0.2) is 9.59 Å². The third-order valence-electron chi connectivity index (χ3n) is 3.39. The van der Waals surface area contributed by atoms with E-state index in [4.69, 9.17) is 15.9 Å². The second kappa shape index (κ2) is 6.92. The van der Waals surface area contributed by atoms with E-state index in [0.29, 0.717) is 5.56 Å². The van der Waals surface area contributed by atoms with Crippen LogP contribution in [0.4, 0.5) is 0 Å². The third kappa shape index (κ3) is 3.76. The summed E-state index contributed by atoms with van der Waals surface area (Å²) in [5.41, 5.74) is 4.80. The maximum atomic E-state index is 12.3. The summed E-state index contributed by atoms with van der Waals surface area (Å²) < 4.78 is 1.97. The number of carboxylic acids is 2. The van der Waals surface area contributed by atoms with Gasteiger partial charge in [-0.1, -0.05) is 12.1 Å². The molecule has 9 heteroatoms. The Morgan fingerprint density at radius 2 is 1.71 bits per heavy atom. The topological polar surface area (TPSA) is 145 Å². The molecule has 0 aliphatic rings. The van der Waals surface area contributed by atoms with Gasteiger partial charge in [0, 0.05) is 12.3 Å². The lowest BCUT2D eigenvalue weighted by Crippen LogP contribution is -2.44. The van der Waals surface area contributed by atoms with Gasteiger partial charge in [0.25, 0.3) is 5.56 Å². The lowest BCUT2D eigenvalue weighted by atomic mass is 10.1. The van der Waals surface area contributed by atoms with Crippen molar-refractivity contribution in [3.63, 3.8) is 0 Å². The van der Waals surface area contributed by atoms with Gasteiger partial charge in [-0.15, -0.1) is 0 Å². The molecule has 2 aromatic rings. The summed E-state index contributed by atoms with van der Waals surface area (Å²) in [7, 11) is 0. The van der Waals surface area contributed by atoms with Crippen LogP contribution in [0.3, 0.4) is 0 Å². The molecule has 0 unspecified atom stereocenters. The number of carboxylic acid groups (broad SMARTS) is 2. The van der Waals surface area contributed by atoms with E-state index in [-0.39, 0.29) is 18.7 Å². The fourth-order valence-corrected chi connectivity index (χ4v) is 2.07. The smallest absolute Gasteiger partial charge is 0.335 e. The van der Waals surface area contributed by atoms with Gasteiger partial charge in [-0.2, -0.15) is 0 Å². The summed E-state index contributed by atoms with van der Waals surface area (Å²) in [6.45, 7) is -0.340. The van der Waals surface area contributed by atoms with Crippen LogP contribution in [0, 0.1) is 0 Å². The molecule has 1 atom stereocenters. The van der Waals surface area contributed by atoms with Crippen molar-refractivity contribution in [3.05, 3.63) is 68.5 Å². The van der Waals surface area contributed by atoms with E-state index in [1.165, 1.54) is 30.5 Å². The van der Waals surface area contributed by atoms with Crippen molar-refractivity contribution in [3.8, 4) is 0 Å². The molecule has 2 rings (SSSR count). The van der Waals surface area contributed by atoms with Gasteiger partial charge in [0.05, 0.1) is 18.7 Å². The van der Waals surface area contributed by atoms with Gasteiger partial charge in [0.15, 0.2) is 0 Å². The number of rotatable bonds is 6. The lowest BCUT2D eigenvalue weighted by Gasteiger charge is -2.12. The van der Waals surface area contributed by atoms with Gasteiger partial charge in [0.2, 0.25) is 0 Å². The molecule has 0 saturated carbocycles. The molecule has 0 aliphatic heterocycles. The minimum atomic E-state index is -1.27. The maximum Gasteiger partial charge on any atom is 0.335 e. The van der Waals surface area contributed by atoms with Gasteiger partial charge in [0.1, 0.15) is 6.04 Å². The number of aliphatic carboxylic acids is 1. The molecule has 0 spiro atoms. The third-order valence-corrected chi connectivity index (χ3v) is 3.39. The molecule has 1 aromatic heterocycles. The first kappa shape index (κ1) is 17.2. The summed E-state index contributed by atoms with van der Waals surface area (Å²) >= 11 is 0. The number of hydrogen-bond acceptors (Lipinski definition) is 5. The van der Waals surface area contributed by atoms with Crippen molar-refractivity contribution < 1.29 is 19.8 Å². The monoisotopic (exact) mass is 333 g/mol. The van der Waals surface area contributed by atoms with Crippen LogP contribution in [0.5, 0.6) is 0 Å². The van der Waals surface area contributed by atoms with Crippen LogP contribution in [-0.2, 0) is 17.9 Å². The van der Waals surface area contributed by atoms with Gasteiger partial charge < -0.3 is 15.9 Å². The SMILES string of the molecule is N[C@H](Cn1ccc(=O)n(Cc2ccc(C(=O)O)cc2)c1=O)C(=O)O. The van der Waals surface area contributed by atoms with E-state index in [2.05, 4.69) is 0 Å². The van der Waals surface area contributed by atoms with Crippen LogP contribution < -0.4 is 17.0 Å². The molecule has 0 radical (unpaired) electrons. The fraction of sp³-hybridized carbons (Fsp3) is 0.200. The Morgan fingerprint density at radius 1 is 1.08 bits per heavy atom. The zero-order valence-corrected chi connectivity index (χ0v) is 12.5. The molecule has 126 valence electrons. The molecule has 4 N–H and O–H groups in total. The van der Waals surface area contributed by atoms with Crippen LogP contribution in [0.25, 0.3) is 0 Å². The molecule has 0 aliphatic carbocycles. The van der Waals surface area contributed by atoms with Crippen LogP contribution >= 0.6 is 0 Å². The molecule has 1 aromatic carbocycles. The number of nitrogens with two attached hydrogens (primary N) is 1. The highest BCUT2D eigenvalue weighted by Gasteiger charge is 2.14. The second-order valence-corrected chi connectivity index (χ2v) is 5.12. The first-order chi connectivity index (χ1) is 11.3. The fourth-order valence-electron chi connectivity index (χ4n) is 2.07. The minimum absolute atomic E-state index is 0.0687. The first-order valence-electron chi connectivity index (χ1n) is 6.90. The summed E-state index contributed by atoms with van der Waals surface area (Å²) in [5.74, 6) is -2.34. The lowest BCUT2D eigenvalue weighted by molar-refractivity contribution is -0.138. The van der Waals surface area contributed by atoms with E-state index < -0.39 is 29.2 Å². The molecule has 0 fully saturated rings. The predicted octanol–water partition coefficient (Wildman–Crippen LogP) is -0.832. The average molecular weight is 333 g/mol. The highest BCUT2D eigenvalue weighted by Crippen LogP contribution is 2.05. The number of benzene rings is 1. The van der Waals surface area contributed by atoms with E-state index in [0.717, 1.165) is 15.2 Å². The van der Waals surface area contributed by atoms with Crippen LogP contribution in [-0.4, -0.2) is 37.3 Å². The Labute approximate surface area is 135 Å². The normalized spacial score (nSPS) is 11.9. The largest absolute Gasteiger partial charge is 0.480 e. The molecule has 0 bridgehead atoms. The van der Waals surface area contributed by atoms with Gasteiger partial charge in [-0.05, 0) is 17.7 Å². The number of aromatic nitrogens is 2. The maximum absolute atomic E-state index is 12.3. The Morgan fingerprint density at radius 3 is 2.25 bits per heavy atom. The van der Waals surface area contributed by atoms with Crippen LogP contribution in [0.1, 0.15) is 15.9 Å². The van der Waals surface area contributed by atoms with Crippen molar-refractivity contribution in [2.45, 2.75) is 19.1 Å². The average Bonchev–Trinajstić information content (AvgIpc) is 2.54. The number of aromatic carboxylic acids is 1. The van der Waals surface area contributed by atoms with Crippen molar-refractivity contribution in [2.75, 3.05) is 0 Å². The molecule has 9 nitrogen and oxygen atoms in total. The Hall–Kier alpha value is -3.20. The van der Waals surface area contributed by atoms with Gasteiger partial charge >= 0.3 is 17.6 Å². The molecular weight excluding hydrogens is 318 g/mol. The summed E-state index contributed by atoms with van der Waals surface area (Å²) in [6, 6.07) is 5.59. The highest BCUT2D eigenvalue weighted by molar-refractivity contribution is 5.87. The first-order valence-corrected chi connectivity index (χ1v) is 6.90. The molecule has 0 saturated heterocycles.